The van der Waals surface area contributed by atoms with Crippen LogP contribution in [0.1, 0.15) is 16.1 Å². The average molecular weight is 421 g/mol. The molecule has 4 aromatic rings. The molecule has 3 aromatic heterocycles. The third-order valence-electron chi connectivity index (χ3n) is 4.46. The number of nitrogens with one attached hydrogen (secondary N) is 1. The maximum atomic E-state index is 12.8. The zero-order valence-corrected chi connectivity index (χ0v) is 16.3. The summed E-state index contributed by atoms with van der Waals surface area (Å²) in [7, 11) is 0. The van der Waals surface area contributed by atoms with Crippen LogP contribution in [0.15, 0.2) is 58.7 Å². The van der Waals surface area contributed by atoms with Gasteiger partial charge in [0.05, 0.1) is 5.69 Å². The van der Waals surface area contributed by atoms with Gasteiger partial charge in [-0.25, -0.2) is 4.63 Å². The minimum Gasteiger partial charge on any atom is -0.363 e. The molecule has 9 nitrogen and oxygen atoms in total. The molecule has 0 aliphatic heterocycles. The van der Waals surface area contributed by atoms with Crippen molar-refractivity contribution in [1.82, 2.24) is 20.6 Å². The van der Waals surface area contributed by atoms with Gasteiger partial charge in [0, 0.05) is 17.3 Å². The number of nitrogens with zero attached hydrogens (tertiary/aromatic N) is 3. The van der Waals surface area contributed by atoms with Gasteiger partial charge in [0.1, 0.15) is 6.04 Å². The number of rotatable bonds is 7. The lowest BCUT2D eigenvalue weighted by atomic mass is 10.0. The minimum atomic E-state index is -1.17. The van der Waals surface area contributed by atoms with E-state index in [9.17, 15) is 14.4 Å². The van der Waals surface area contributed by atoms with Gasteiger partial charge >= 0.3 is 0 Å². The van der Waals surface area contributed by atoms with Crippen LogP contribution < -0.4 is 11.1 Å². The van der Waals surface area contributed by atoms with Gasteiger partial charge in [-0.05, 0) is 44.8 Å². The number of nitrogens with two attached hydrogens (primary N) is 1. The first-order valence-corrected chi connectivity index (χ1v) is 9.76. The largest absolute Gasteiger partial charge is 0.363 e. The van der Waals surface area contributed by atoms with E-state index in [1.807, 2.05) is 29.6 Å². The Kier molecular flexibility index (Phi) is 5.31. The maximum Gasteiger partial charge on any atom is 0.287 e. The van der Waals surface area contributed by atoms with Crippen LogP contribution in [0.4, 0.5) is 0 Å². The number of carbonyl (C=O) groups is 3. The molecule has 0 spiro atoms. The van der Waals surface area contributed by atoms with Crippen LogP contribution in [-0.4, -0.2) is 38.9 Å². The monoisotopic (exact) mass is 421 g/mol. The van der Waals surface area contributed by atoms with Crippen LogP contribution in [0.5, 0.6) is 0 Å². The zero-order valence-electron chi connectivity index (χ0n) is 15.4. The highest BCUT2D eigenvalue weighted by atomic mass is 32.1. The standard InChI is InChI=1S/C20H15N5O4S/c21-19(27)18(26)14(9-11-10-30-15-7-2-1-5-12(11)15)23-20(28)17-16(24-29-25-17)13-6-3-4-8-22-13/h1-8,10,14H,9H2,(H2,21,27)(H,23,28). The molecule has 10 heteroatoms. The predicted molar refractivity (Wildman–Crippen MR) is 109 cm³/mol. The van der Waals surface area contributed by atoms with E-state index in [2.05, 4.69) is 20.6 Å². The molecule has 0 aliphatic rings. The summed E-state index contributed by atoms with van der Waals surface area (Å²) in [5, 5.41) is 12.7. The Hall–Kier alpha value is -3.92. The lowest BCUT2D eigenvalue weighted by Crippen LogP contribution is -2.47. The second-order valence-electron chi connectivity index (χ2n) is 6.39. The summed E-state index contributed by atoms with van der Waals surface area (Å²) in [6, 6.07) is 11.6. The number of ketones is 1. The average Bonchev–Trinajstić information content (AvgIpc) is 3.41. The van der Waals surface area contributed by atoms with Gasteiger partial charge in [-0.1, -0.05) is 24.3 Å². The summed E-state index contributed by atoms with van der Waals surface area (Å²) >= 11 is 1.51. The Morgan fingerprint density at radius 2 is 1.90 bits per heavy atom. The van der Waals surface area contributed by atoms with E-state index in [0.29, 0.717) is 5.69 Å². The molecule has 0 radical (unpaired) electrons. The summed E-state index contributed by atoms with van der Waals surface area (Å²) in [5.74, 6) is -2.77. The van der Waals surface area contributed by atoms with Crippen molar-refractivity contribution in [3.63, 3.8) is 0 Å². The SMILES string of the molecule is NC(=O)C(=O)C(Cc1csc2ccccc12)NC(=O)c1nonc1-c1ccccn1. The Bertz CT molecular complexity index is 1230. The highest BCUT2D eigenvalue weighted by Gasteiger charge is 2.29. The molecule has 1 atom stereocenters. The first-order valence-electron chi connectivity index (χ1n) is 8.88. The van der Waals surface area contributed by atoms with Gasteiger partial charge in [0.15, 0.2) is 5.69 Å². The molecule has 30 heavy (non-hydrogen) atoms. The Labute approximate surface area is 173 Å². The summed E-state index contributed by atoms with van der Waals surface area (Å²) < 4.78 is 5.73. The zero-order chi connectivity index (χ0) is 21.1. The van der Waals surface area contributed by atoms with Crippen molar-refractivity contribution in [2.45, 2.75) is 12.5 Å². The Morgan fingerprint density at radius 1 is 1.10 bits per heavy atom. The molecule has 4 rings (SSSR count). The van der Waals surface area contributed by atoms with Gasteiger partial charge < -0.3 is 11.1 Å². The molecule has 3 heterocycles. The van der Waals surface area contributed by atoms with Crippen LogP contribution in [0.3, 0.4) is 0 Å². The van der Waals surface area contributed by atoms with Gasteiger partial charge in [0.25, 0.3) is 11.8 Å². The van der Waals surface area contributed by atoms with Gasteiger partial charge in [-0.2, -0.15) is 0 Å². The number of Topliss-reactive ketones (excluding diaryl/α,β-unsaturated/α-hetero) is 1. The van der Waals surface area contributed by atoms with Crippen molar-refractivity contribution in [3.05, 3.63) is 65.3 Å². The number of primary amides is 1. The van der Waals surface area contributed by atoms with Crippen molar-refractivity contribution in [1.29, 1.82) is 0 Å². The number of hydrogen-bond donors (Lipinski definition) is 2. The van der Waals surface area contributed by atoms with E-state index in [-0.39, 0.29) is 17.8 Å². The Balaban J connectivity index is 1.62. The van der Waals surface area contributed by atoms with Crippen molar-refractivity contribution in [2.75, 3.05) is 0 Å². The second kappa shape index (κ2) is 8.21. The number of benzene rings is 1. The molecule has 0 bridgehead atoms. The molecule has 3 N–H and O–H groups in total. The fourth-order valence-corrected chi connectivity index (χ4v) is 4.00. The van der Waals surface area contributed by atoms with E-state index >= 15 is 0 Å². The molecule has 0 saturated heterocycles. The number of pyridine rings is 1. The third kappa shape index (κ3) is 3.80. The maximum absolute atomic E-state index is 12.8. The Morgan fingerprint density at radius 3 is 2.67 bits per heavy atom. The number of amides is 2. The molecule has 1 aromatic carbocycles. The number of fused-ring (bicyclic) bond motifs is 1. The lowest BCUT2D eigenvalue weighted by molar-refractivity contribution is -0.137. The smallest absolute Gasteiger partial charge is 0.287 e. The third-order valence-corrected chi connectivity index (χ3v) is 5.47. The highest BCUT2D eigenvalue weighted by Crippen LogP contribution is 2.27. The first kappa shape index (κ1) is 19.4. The van der Waals surface area contributed by atoms with Crippen LogP contribution in [-0.2, 0) is 16.0 Å². The molecule has 150 valence electrons. The predicted octanol–water partition coefficient (Wildman–Crippen LogP) is 1.74. The molecule has 0 fully saturated rings. The van der Waals surface area contributed by atoms with Gasteiger partial charge in [-0.15, -0.1) is 11.3 Å². The van der Waals surface area contributed by atoms with Gasteiger partial charge in [-0.3, -0.25) is 19.4 Å². The molecular formula is C20H15N5O4S. The van der Waals surface area contributed by atoms with E-state index in [1.54, 1.807) is 18.2 Å². The van der Waals surface area contributed by atoms with Crippen molar-refractivity contribution in [3.8, 4) is 11.4 Å². The number of thiophene rings is 1. The molecule has 0 saturated carbocycles. The van der Waals surface area contributed by atoms with Crippen molar-refractivity contribution in [2.24, 2.45) is 5.73 Å². The fraction of sp³-hybridized carbons (Fsp3) is 0.100. The molecular weight excluding hydrogens is 406 g/mol. The number of carbonyl (C=O) groups excluding carboxylic acids is 3. The van der Waals surface area contributed by atoms with E-state index in [4.69, 9.17) is 10.4 Å². The van der Waals surface area contributed by atoms with Crippen LogP contribution in [0.25, 0.3) is 21.5 Å². The lowest BCUT2D eigenvalue weighted by Gasteiger charge is -2.15. The topological polar surface area (TPSA) is 141 Å². The molecule has 1 unspecified atom stereocenters. The van der Waals surface area contributed by atoms with E-state index < -0.39 is 23.6 Å². The number of hydrogen-bond acceptors (Lipinski definition) is 8. The van der Waals surface area contributed by atoms with Gasteiger partial charge in [0.2, 0.25) is 11.5 Å². The quantitative estimate of drug-likeness (QED) is 0.433. The molecule has 0 aliphatic carbocycles. The number of aromatic nitrogens is 3. The van der Waals surface area contributed by atoms with Crippen LogP contribution in [0.2, 0.25) is 0 Å². The van der Waals surface area contributed by atoms with E-state index in [1.165, 1.54) is 17.5 Å². The summed E-state index contributed by atoms with van der Waals surface area (Å²) in [5.41, 5.74) is 6.38. The van der Waals surface area contributed by atoms with Crippen LogP contribution >= 0.6 is 11.3 Å². The van der Waals surface area contributed by atoms with E-state index in [0.717, 1.165) is 15.6 Å². The molecule has 2 amide bonds. The summed E-state index contributed by atoms with van der Waals surface area (Å²) in [6.07, 6.45) is 1.63. The second-order valence-corrected chi connectivity index (χ2v) is 7.30. The first-order chi connectivity index (χ1) is 14.5. The summed E-state index contributed by atoms with van der Waals surface area (Å²) in [6.45, 7) is 0. The summed E-state index contributed by atoms with van der Waals surface area (Å²) in [4.78, 5) is 40.9. The van der Waals surface area contributed by atoms with Crippen molar-refractivity contribution >= 4 is 39.0 Å². The minimum absolute atomic E-state index is 0.0989. The fourth-order valence-electron chi connectivity index (χ4n) is 3.03. The highest BCUT2D eigenvalue weighted by molar-refractivity contribution is 7.17. The normalized spacial score (nSPS) is 11.9. The van der Waals surface area contributed by atoms with Crippen molar-refractivity contribution < 1.29 is 19.0 Å². The van der Waals surface area contributed by atoms with Crippen LogP contribution in [0, 0.1) is 0 Å².